The van der Waals surface area contributed by atoms with Crippen molar-refractivity contribution in [1.29, 1.82) is 0 Å². The zero-order valence-electron chi connectivity index (χ0n) is 28.5. The number of oxazole rings is 1. The average Bonchev–Trinajstić information content (AvgIpc) is 4.00. The minimum Gasteiger partial charge on any atom is -0.455 e. The molecule has 7 aromatic carbocycles. The fourth-order valence-corrected chi connectivity index (χ4v) is 8.09. The Morgan fingerprint density at radius 3 is 1.78 bits per heavy atom. The van der Waals surface area contributed by atoms with Crippen molar-refractivity contribution in [2.24, 2.45) is 0 Å². The monoisotopic (exact) mass is 694 g/mol. The van der Waals surface area contributed by atoms with Gasteiger partial charge >= 0.3 is 6.01 Å². The predicted octanol–water partition coefficient (Wildman–Crippen LogP) is 11.4. The van der Waals surface area contributed by atoms with Gasteiger partial charge in [-0.25, -0.2) is 4.98 Å². The first-order valence-corrected chi connectivity index (χ1v) is 17.8. The molecule has 8 nitrogen and oxygen atoms in total. The van der Waals surface area contributed by atoms with E-state index in [2.05, 4.69) is 81.9 Å². The Bertz CT molecular complexity index is 3430. The molecule has 0 N–H and O–H groups in total. The summed E-state index contributed by atoms with van der Waals surface area (Å²) in [7, 11) is 0. The molecule has 0 aliphatic carbocycles. The Hall–Kier alpha value is -7.58. The van der Waals surface area contributed by atoms with Crippen molar-refractivity contribution in [1.82, 2.24) is 29.1 Å². The van der Waals surface area contributed by atoms with Gasteiger partial charge in [0.25, 0.3) is 0 Å². The number of para-hydroxylation sites is 6. The van der Waals surface area contributed by atoms with Crippen LogP contribution in [0, 0.1) is 0 Å². The van der Waals surface area contributed by atoms with Crippen LogP contribution in [0.3, 0.4) is 0 Å². The maximum absolute atomic E-state index is 6.51. The highest BCUT2D eigenvalue weighted by Crippen LogP contribution is 2.42. The fraction of sp³-hybridized carbons (Fsp3) is 0. The first-order chi connectivity index (χ1) is 26.8. The molecule has 0 saturated carbocycles. The van der Waals surface area contributed by atoms with Crippen LogP contribution >= 0.6 is 0 Å². The maximum atomic E-state index is 6.51. The summed E-state index contributed by atoms with van der Waals surface area (Å²) in [6.45, 7) is 0. The standard InChI is InChI=1S/C46H26N6O2/c1-2-13-27(14-3-1)43-48-44(34-19-12-18-33-30-17-6-10-23-38(30)53-42(33)34)50-45(49-43)51-36-21-8-4-15-28(36)31-25-26-32-29-16-5-9-22-37(29)52(41(32)40(31)51)46-47-35-20-7-11-24-39(35)54-46/h1-26H. The minimum atomic E-state index is 0.486. The van der Waals surface area contributed by atoms with E-state index in [-0.39, 0.29) is 0 Å². The van der Waals surface area contributed by atoms with Crippen LogP contribution in [0.25, 0.3) is 111 Å². The van der Waals surface area contributed by atoms with Crippen molar-refractivity contribution in [2.75, 3.05) is 0 Å². The van der Waals surface area contributed by atoms with Crippen LogP contribution in [0.4, 0.5) is 0 Å². The molecule has 54 heavy (non-hydrogen) atoms. The van der Waals surface area contributed by atoms with Gasteiger partial charge in [0.05, 0.1) is 27.6 Å². The summed E-state index contributed by atoms with van der Waals surface area (Å²) in [6, 6.07) is 53.8. The van der Waals surface area contributed by atoms with E-state index in [0.29, 0.717) is 23.6 Å². The second-order valence-electron chi connectivity index (χ2n) is 13.5. The predicted molar refractivity (Wildman–Crippen MR) is 214 cm³/mol. The average molecular weight is 695 g/mol. The van der Waals surface area contributed by atoms with Gasteiger partial charge in [0.1, 0.15) is 16.7 Å². The van der Waals surface area contributed by atoms with Gasteiger partial charge in [-0.1, -0.05) is 121 Å². The van der Waals surface area contributed by atoms with Crippen molar-refractivity contribution in [3.05, 3.63) is 158 Å². The SMILES string of the molecule is c1ccc(-c2nc(-c3cccc4c3oc3ccccc34)nc(-n3c4ccccc4c4ccc5c6ccccc6n(-c6nc7ccccc7o6)c5c43)n2)cc1. The van der Waals surface area contributed by atoms with Crippen LogP contribution in [0.5, 0.6) is 0 Å². The van der Waals surface area contributed by atoms with Gasteiger partial charge in [-0.15, -0.1) is 0 Å². The summed E-state index contributed by atoms with van der Waals surface area (Å²) in [5, 5.41) is 6.34. The number of aromatic nitrogens is 6. The number of fused-ring (bicyclic) bond motifs is 11. The maximum Gasteiger partial charge on any atom is 0.307 e. The van der Waals surface area contributed by atoms with E-state index < -0.39 is 0 Å². The zero-order valence-corrected chi connectivity index (χ0v) is 28.5. The highest BCUT2D eigenvalue weighted by Gasteiger charge is 2.25. The van der Waals surface area contributed by atoms with E-state index >= 15 is 0 Å². The van der Waals surface area contributed by atoms with Gasteiger partial charge in [-0.3, -0.25) is 9.13 Å². The number of rotatable bonds is 4. The Labute approximate surface area is 306 Å². The minimum absolute atomic E-state index is 0.486. The summed E-state index contributed by atoms with van der Waals surface area (Å²) in [5.41, 5.74) is 8.56. The third-order valence-electron chi connectivity index (χ3n) is 10.4. The Morgan fingerprint density at radius 1 is 0.389 bits per heavy atom. The van der Waals surface area contributed by atoms with Crippen molar-refractivity contribution in [3.8, 4) is 34.7 Å². The number of hydrogen-bond donors (Lipinski definition) is 0. The van der Waals surface area contributed by atoms with Gasteiger partial charge in [0.2, 0.25) is 5.95 Å². The molecule has 0 spiro atoms. The van der Waals surface area contributed by atoms with Gasteiger partial charge in [0.15, 0.2) is 17.2 Å². The fourth-order valence-electron chi connectivity index (χ4n) is 8.09. The van der Waals surface area contributed by atoms with Gasteiger partial charge in [-0.05, 0) is 36.4 Å². The molecule has 0 atom stereocenters. The molecule has 12 aromatic rings. The Balaban J connectivity index is 1.24. The normalized spacial score (nSPS) is 12.1. The highest BCUT2D eigenvalue weighted by atomic mass is 16.4. The van der Waals surface area contributed by atoms with Crippen LogP contribution in [-0.2, 0) is 0 Å². The molecule has 0 bridgehead atoms. The van der Waals surface area contributed by atoms with Crippen LogP contribution in [0.1, 0.15) is 0 Å². The third-order valence-corrected chi connectivity index (χ3v) is 10.4. The Morgan fingerprint density at radius 2 is 1.00 bits per heavy atom. The van der Waals surface area contributed by atoms with Gasteiger partial charge in [0, 0.05) is 37.9 Å². The molecule has 0 fully saturated rings. The lowest BCUT2D eigenvalue weighted by Crippen LogP contribution is -2.07. The number of benzene rings is 7. The Kier molecular flexibility index (Phi) is 5.90. The first kappa shape index (κ1) is 29.0. The number of hydrogen-bond acceptors (Lipinski definition) is 6. The van der Waals surface area contributed by atoms with Crippen molar-refractivity contribution < 1.29 is 8.83 Å². The molecule has 0 amide bonds. The van der Waals surface area contributed by atoms with E-state index in [9.17, 15) is 0 Å². The lowest BCUT2D eigenvalue weighted by atomic mass is 10.1. The second kappa shape index (κ2) is 11.0. The van der Waals surface area contributed by atoms with Crippen LogP contribution < -0.4 is 0 Å². The van der Waals surface area contributed by atoms with Crippen molar-refractivity contribution >= 4 is 76.6 Å². The highest BCUT2D eigenvalue weighted by molar-refractivity contribution is 6.23. The van der Waals surface area contributed by atoms with E-state index in [1.54, 1.807) is 0 Å². The number of nitrogens with zero attached hydrogens (tertiary/aromatic N) is 6. The quantitative estimate of drug-likeness (QED) is 0.182. The smallest absolute Gasteiger partial charge is 0.307 e. The summed E-state index contributed by atoms with van der Waals surface area (Å²) < 4.78 is 17.3. The second-order valence-corrected chi connectivity index (χ2v) is 13.5. The molecule has 252 valence electrons. The van der Waals surface area contributed by atoms with E-state index in [1.165, 1.54) is 0 Å². The largest absolute Gasteiger partial charge is 0.455 e. The molecular weight excluding hydrogens is 669 g/mol. The molecule has 0 saturated heterocycles. The molecular formula is C46H26N6O2. The molecule has 0 unspecified atom stereocenters. The molecule has 5 heterocycles. The third kappa shape index (κ3) is 4.07. The summed E-state index contributed by atoms with van der Waals surface area (Å²) in [6.07, 6.45) is 0. The van der Waals surface area contributed by atoms with Gasteiger partial charge < -0.3 is 8.83 Å². The molecule has 0 aliphatic heterocycles. The molecule has 5 aromatic heterocycles. The van der Waals surface area contributed by atoms with E-state index in [4.69, 9.17) is 28.8 Å². The zero-order chi connectivity index (χ0) is 35.3. The number of furan rings is 1. The van der Waals surface area contributed by atoms with E-state index in [0.717, 1.165) is 87.8 Å². The lowest BCUT2D eigenvalue weighted by molar-refractivity contribution is 0.574. The molecule has 0 aliphatic rings. The van der Waals surface area contributed by atoms with Crippen molar-refractivity contribution in [3.63, 3.8) is 0 Å². The first-order valence-electron chi connectivity index (χ1n) is 17.8. The lowest BCUT2D eigenvalue weighted by Gasteiger charge is -2.12. The topological polar surface area (TPSA) is 87.7 Å². The molecule has 12 rings (SSSR count). The van der Waals surface area contributed by atoms with E-state index in [1.807, 2.05) is 84.9 Å². The van der Waals surface area contributed by atoms with Crippen molar-refractivity contribution in [2.45, 2.75) is 0 Å². The summed E-state index contributed by atoms with van der Waals surface area (Å²) in [4.78, 5) is 20.7. The molecule has 0 radical (unpaired) electrons. The van der Waals surface area contributed by atoms with Gasteiger partial charge in [-0.2, -0.15) is 15.0 Å². The van der Waals surface area contributed by atoms with Crippen LogP contribution in [0.15, 0.2) is 167 Å². The summed E-state index contributed by atoms with van der Waals surface area (Å²) in [5.74, 6) is 1.56. The van der Waals surface area contributed by atoms with Crippen LogP contribution in [0.2, 0.25) is 0 Å². The summed E-state index contributed by atoms with van der Waals surface area (Å²) >= 11 is 0. The van der Waals surface area contributed by atoms with Crippen LogP contribution in [-0.4, -0.2) is 29.1 Å². The molecule has 8 heteroatoms.